The molecule has 0 aromatic carbocycles. The summed E-state index contributed by atoms with van der Waals surface area (Å²) in [4.78, 5) is 20.8. The van der Waals surface area contributed by atoms with Crippen LogP contribution in [0.5, 0.6) is 0 Å². The van der Waals surface area contributed by atoms with Crippen molar-refractivity contribution in [2.24, 2.45) is 0 Å². The Morgan fingerprint density at radius 2 is 1.29 bits per heavy atom. The number of rotatable bonds is 5. The van der Waals surface area contributed by atoms with Gasteiger partial charge >= 0.3 is 11.9 Å². The molecular weight excluding hydrogens is 320 g/mol. The molecule has 0 aromatic heterocycles. The van der Waals surface area contributed by atoms with Crippen LogP contribution in [0, 0.1) is 0 Å². The van der Waals surface area contributed by atoms with Crippen LogP contribution < -0.4 is 0 Å². The summed E-state index contributed by atoms with van der Waals surface area (Å²) in [7, 11) is 0. The Labute approximate surface area is 99.6 Å². The summed E-state index contributed by atoms with van der Waals surface area (Å²) in [6, 6.07) is 0. The van der Waals surface area contributed by atoms with E-state index in [4.69, 9.17) is 9.47 Å². The molecule has 0 saturated heterocycles. The molecule has 0 fully saturated rings. The lowest BCUT2D eigenvalue weighted by atomic mass is 10.3. The van der Waals surface area contributed by atoms with Crippen molar-refractivity contribution in [2.75, 3.05) is 13.2 Å². The monoisotopic (exact) mass is 330 g/mol. The molecular formula is C8H12Br2O4. The highest BCUT2D eigenvalue weighted by atomic mass is 79.9. The molecule has 0 aliphatic rings. The first-order chi connectivity index (χ1) is 6.43. The minimum absolute atomic E-state index is 0.0780. The fourth-order valence-corrected chi connectivity index (χ4v) is 1.17. The molecule has 0 radical (unpaired) electrons. The molecule has 0 rings (SSSR count). The number of ether oxygens (including phenoxy) is 2. The van der Waals surface area contributed by atoms with Crippen LogP contribution in [-0.4, -0.2) is 34.8 Å². The van der Waals surface area contributed by atoms with Crippen LogP contribution in [0.3, 0.4) is 0 Å². The van der Waals surface area contributed by atoms with Crippen LogP contribution in [-0.2, 0) is 19.1 Å². The van der Waals surface area contributed by atoms with Gasteiger partial charge in [-0.2, -0.15) is 0 Å². The number of halogens is 2. The number of esters is 2. The van der Waals surface area contributed by atoms with Gasteiger partial charge in [0.25, 0.3) is 0 Å². The van der Waals surface area contributed by atoms with Gasteiger partial charge in [-0.05, 0) is 0 Å². The lowest BCUT2D eigenvalue weighted by Crippen LogP contribution is -2.26. The molecule has 0 aliphatic carbocycles. The average molecular weight is 332 g/mol. The lowest BCUT2D eigenvalue weighted by Gasteiger charge is -2.15. The molecule has 2 atom stereocenters. The molecule has 82 valence electrons. The first kappa shape index (κ1) is 13.9. The third kappa shape index (κ3) is 7.32. The smallest absolute Gasteiger partial charge is 0.302 e. The number of carbonyl (C=O) groups excluding carboxylic acids is 2. The molecule has 4 nitrogen and oxygen atoms in total. The van der Waals surface area contributed by atoms with E-state index < -0.39 is 0 Å². The first-order valence-corrected chi connectivity index (χ1v) is 5.81. The van der Waals surface area contributed by atoms with Gasteiger partial charge in [0.2, 0.25) is 0 Å². The molecule has 14 heavy (non-hydrogen) atoms. The summed E-state index contributed by atoms with van der Waals surface area (Å²) in [5, 5.41) is 0. The molecule has 6 heteroatoms. The van der Waals surface area contributed by atoms with E-state index in [9.17, 15) is 9.59 Å². The summed E-state index contributed by atoms with van der Waals surface area (Å²) in [6.45, 7) is 3.17. The van der Waals surface area contributed by atoms with Crippen molar-refractivity contribution in [1.29, 1.82) is 0 Å². The Morgan fingerprint density at radius 3 is 1.50 bits per heavy atom. The Kier molecular flexibility index (Phi) is 7.17. The second-order valence-corrected chi connectivity index (χ2v) is 4.99. The summed E-state index contributed by atoms with van der Waals surface area (Å²) in [5.41, 5.74) is 0. The molecule has 0 spiro atoms. The number of hydrogen-bond acceptors (Lipinski definition) is 4. The second-order valence-electron chi connectivity index (χ2n) is 2.64. The van der Waals surface area contributed by atoms with E-state index in [0.29, 0.717) is 0 Å². The van der Waals surface area contributed by atoms with Crippen molar-refractivity contribution in [3.63, 3.8) is 0 Å². The SMILES string of the molecule is CC(=O)OC[C@H](Br)[C@@H](Br)COC(C)=O. The van der Waals surface area contributed by atoms with Crippen LogP contribution in [0.2, 0.25) is 0 Å². The minimum atomic E-state index is -0.332. The summed E-state index contributed by atoms with van der Waals surface area (Å²) < 4.78 is 9.55. The van der Waals surface area contributed by atoms with Crippen molar-refractivity contribution >= 4 is 43.8 Å². The van der Waals surface area contributed by atoms with Gasteiger partial charge in [-0.3, -0.25) is 9.59 Å². The van der Waals surface area contributed by atoms with Crippen molar-refractivity contribution < 1.29 is 19.1 Å². The fraction of sp³-hybridized carbons (Fsp3) is 0.750. The van der Waals surface area contributed by atoms with E-state index in [1.54, 1.807) is 0 Å². The normalized spacial score (nSPS) is 14.3. The average Bonchev–Trinajstić information content (AvgIpc) is 2.09. The lowest BCUT2D eigenvalue weighted by molar-refractivity contribution is -0.143. The van der Waals surface area contributed by atoms with Gasteiger partial charge in [0.15, 0.2) is 0 Å². The Morgan fingerprint density at radius 1 is 1.00 bits per heavy atom. The molecule has 0 aliphatic heterocycles. The van der Waals surface area contributed by atoms with Gasteiger partial charge < -0.3 is 9.47 Å². The zero-order valence-corrected chi connectivity index (χ0v) is 11.1. The predicted molar refractivity (Wildman–Crippen MR) is 58.7 cm³/mol. The molecule has 0 aromatic rings. The second kappa shape index (κ2) is 7.23. The third-order valence-electron chi connectivity index (χ3n) is 1.28. The fourth-order valence-electron chi connectivity index (χ4n) is 0.603. The standard InChI is InChI=1S/C8H12Br2O4/c1-5(11)13-3-7(9)8(10)4-14-6(2)12/h7-8H,3-4H2,1-2H3/t7-,8-/m0/s1. The predicted octanol–water partition coefficient (Wildman–Crippen LogP) is 1.64. The maximum absolute atomic E-state index is 10.5. The van der Waals surface area contributed by atoms with Crippen LogP contribution in [0.4, 0.5) is 0 Å². The van der Waals surface area contributed by atoms with Gasteiger partial charge in [-0.25, -0.2) is 0 Å². The third-order valence-corrected chi connectivity index (χ3v) is 3.80. The van der Waals surface area contributed by atoms with E-state index in [0.717, 1.165) is 0 Å². The van der Waals surface area contributed by atoms with Crippen molar-refractivity contribution in [2.45, 2.75) is 23.5 Å². The first-order valence-electron chi connectivity index (χ1n) is 3.98. The van der Waals surface area contributed by atoms with E-state index in [2.05, 4.69) is 31.9 Å². The molecule has 0 saturated carbocycles. The van der Waals surface area contributed by atoms with Crippen molar-refractivity contribution in [3.8, 4) is 0 Å². The van der Waals surface area contributed by atoms with Crippen LogP contribution in [0.25, 0.3) is 0 Å². The minimum Gasteiger partial charge on any atom is -0.465 e. The summed E-state index contributed by atoms with van der Waals surface area (Å²) >= 11 is 6.61. The van der Waals surface area contributed by atoms with Crippen molar-refractivity contribution in [3.05, 3.63) is 0 Å². The summed E-state index contributed by atoms with van der Waals surface area (Å²) in [5.74, 6) is -0.664. The highest BCUT2D eigenvalue weighted by molar-refractivity contribution is 9.12. The number of alkyl halides is 2. The molecule has 0 bridgehead atoms. The van der Waals surface area contributed by atoms with Crippen molar-refractivity contribution in [1.82, 2.24) is 0 Å². The largest absolute Gasteiger partial charge is 0.465 e. The number of hydrogen-bond donors (Lipinski definition) is 0. The van der Waals surface area contributed by atoms with Gasteiger partial charge in [-0.15, -0.1) is 0 Å². The van der Waals surface area contributed by atoms with Gasteiger partial charge in [0.05, 0.1) is 9.65 Å². The van der Waals surface area contributed by atoms with E-state index in [-0.39, 0.29) is 34.8 Å². The van der Waals surface area contributed by atoms with Gasteiger partial charge in [0, 0.05) is 13.8 Å². The van der Waals surface area contributed by atoms with E-state index in [1.165, 1.54) is 13.8 Å². The maximum Gasteiger partial charge on any atom is 0.302 e. The van der Waals surface area contributed by atoms with Crippen LogP contribution in [0.1, 0.15) is 13.8 Å². The van der Waals surface area contributed by atoms with Crippen LogP contribution in [0.15, 0.2) is 0 Å². The van der Waals surface area contributed by atoms with Gasteiger partial charge in [-0.1, -0.05) is 31.9 Å². The van der Waals surface area contributed by atoms with E-state index >= 15 is 0 Å². The molecule has 0 unspecified atom stereocenters. The quantitative estimate of drug-likeness (QED) is 0.567. The highest BCUT2D eigenvalue weighted by Gasteiger charge is 2.18. The zero-order valence-electron chi connectivity index (χ0n) is 7.96. The Bertz CT molecular complexity index is 186. The van der Waals surface area contributed by atoms with Crippen LogP contribution >= 0.6 is 31.9 Å². The maximum atomic E-state index is 10.5. The topological polar surface area (TPSA) is 52.6 Å². The molecule has 0 N–H and O–H groups in total. The Hall–Kier alpha value is -0.100. The molecule has 0 amide bonds. The molecule has 0 heterocycles. The highest BCUT2D eigenvalue weighted by Crippen LogP contribution is 2.15. The van der Waals surface area contributed by atoms with E-state index in [1.807, 2.05) is 0 Å². The Balaban J connectivity index is 3.69. The zero-order chi connectivity index (χ0) is 11.1. The van der Waals surface area contributed by atoms with Gasteiger partial charge in [0.1, 0.15) is 13.2 Å². The number of carbonyl (C=O) groups is 2. The summed E-state index contributed by atoms with van der Waals surface area (Å²) in [6.07, 6.45) is 0.